The zero-order chi connectivity index (χ0) is 13.1. The molecule has 0 unspecified atom stereocenters. The van der Waals surface area contributed by atoms with Crippen molar-refractivity contribution in [1.29, 1.82) is 0 Å². The summed E-state index contributed by atoms with van der Waals surface area (Å²) >= 11 is 1.88. The van der Waals surface area contributed by atoms with Crippen LogP contribution < -0.4 is 5.32 Å². The zero-order valence-corrected chi connectivity index (χ0v) is 12.2. The number of nitrogens with one attached hydrogen (secondary N) is 1. The van der Waals surface area contributed by atoms with Crippen LogP contribution in [0.15, 0.2) is 30.3 Å². The average molecular weight is 272 g/mol. The van der Waals surface area contributed by atoms with Gasteiger partial charge in [0, 0.05) is 23.0 Å². The van der Waals surface area contributed by atoms with E-state index >= 15 is 0 Å². The number of aryl methyl sites for hydroxylation is 1. The highest BCUT2D eigenvalue weighted by Crippen LogP contribution is 2.30. The maximum atomic E-state index is 4.85. The molecule has 1 saturated carbocycles. The van der Waals surface area contributed by atoms with Crippen LogP contribution in [0.25, 0.3) is 11.3 Å². The normalized spacial score (nSPS) is 14.8. The van der Waals surface area contributed by atoms with Crippen molar-refractivity contribution in [3.63, 3.8) is 0 Å². The van der Waals surface area contributed by atoms with E-state index in [0.29, 0.717) is 0 Å². The van der Waals surface area contributed by atoms with Gasteiger partial charge in [-0.05, 0) is 25.7 Å². The molecule has 3 heteroatoms. The molecule has 0 atom stereocenters. The van der Waals surface area contributed by atoms with Crippen LogP contribution in [0.4, 0.5) is 0 Å². The molecular weight excluding hydrogens is 252 g/mol. The second-order valence-corrected chi connectivity index (χ2v) is 6.32. The summed E-state index contributed by atoms with van der Waals surface area (Å²) < 4.78 is 0. The Labute approximate surface area is 118 Å². The lowest BCUT2D eigenvalue weighted by molar-refractivity contribution is 0.695. The second kappa shape index (κ2) is 5.85. The molecule has 1 fully saturated rings. The summed E-state index contributed by atoms with van der Waals surface area (Å²) in [5.41, 5.74) is 2.43. The molecule has 19 heavy (non-hydrogen) atoms. The predicted octanol–water partition coefficient (Wildman–Crippen LogP) is 4.01. The van der Waals surface area contributed by atoms with E-state index in [-0.39, 0.29) is 0 Å². The molecule has 1 aromatic carbocycles. The van der Waals surface area contributed by atoms with Gasteiger partial charge in [-0.3, -0.25) is 0 Å². The molecule has 0 spiro atoms. The third-order valence-corrected chi connectivity index (χ3v) is 4.50. The summed E-state index contributed by atoms with van der Waals surface area (Å²) in [5, 5.41) is 4.88. The van der Waals surface area contributed by atoms with E-state index in [0.717, 1.165) is 25.4 Å². The van der Waals surface area contributed by atoms with E-state index in [1.165, 1.54) is 34.0 Å². The number of hydrogen-bond donors (Lipinski definition) is 1. The molecule has 0 aliphatic heterocycles. The highest BCUT2D eigenvalue weighted by atomic mass is 32.1. The Hall–Kier alpha value is -1.19. The van der Waals surface area contributed by atoms with Gasteiger partial charge in [0.2, 0.25) is 0 Å². The van der Waals surface area contributed by atoms with Crippen molar-refractivity contribution in [2.45, 2.75) is 45.2 Å². The number of aromatic nitrogens is 1. The van der Waals surface area contributed by atoms with Gasteiger partial charge in [0.15, 0.2) is 0 Å². The summed E-state index contributed by atoms with van der Waals surface area (Å²) in [6, 6.07) is 11.3. The van der Waals surface area contributed by atoms with Crippen molar-refractivity contribution >= 4 is 11.3 Å². The first-order valence-electron chi connectivity index (χ1n) is 7.14. The van der Waals surface area contributed by atoms with E-state index in [4.69, 9.17) is 4.98 Å². The molecule has 0 bridgehead atoms. The van der Waals surface area contributed by atoms with Crippen molar-refractivity contribution in [1.82, 2.24) is 10.3 Å². The lowest BCUT2D eigenvalue weighted by Crippen LogP contribution is -2.14. The Balaban J connectivity index is 1.86. The van der Waals surface area contributed by atoms with Gasteiger partial charge in [0.25, 0.3) is 0 Å². The van der Waals surface area contributed by atoms with Crippen molar-refractivity contribution < 1.29 is 0 Å². The molecule has 0 saturated heterocycles. The number of nitrogens with zero attached hydrogens (tertiary/aromatic N) is 1. The molecule has 2 nitrogen and oxygen atoms in total. The molecule has 2 aromatic rings. The second-order valence-electron chi connectivity index (χ2n) is 5.15. The van der Waals surface area contributed by atoms with E-state index in [1.54, 1.807) is 0 Å². The lowest BCUT2D eigenvalue weighted by atomic mass is 10.1. The Morgan fingerprint density at radius 2 is 2.05 bits per heavy atom. The fraction of sp³-hybridized carbons (Fsp3) is 0.438. The number of thiazole rings is 1. The third kappa shape index (κ3) is 3.23. The standard InChI is InChI=1S/C16H20N2S/c1-2-6-15-18-16(12-7-4-3-5-8-12)14(19-15)11-17-13-9-10-13/h3-5,7-8,13,17H,2,6,9-11H2,1H3. The van der Waals surface area contributed by atoms with E-state index in [1.807, 2.05) is 11.3 Å². The first-order chi connectivity index (χ1) is 9.36. The largest absolute Gasteiger partial charge is 0.309 e. The summed E-state index contributed by atoms with van der Waals surface area (Å²) in [4.78, 5) is 6.24. The number of hydrogen-bond acceptors (Lipinski definition) is 3. The number of benzene rings is 1. The molecule has 1 N–H and O–H groups in total. The molecule has 3 rings (SSSR count). The molecule has 1 aliphatic carbocycles. The van der Waals surface area contributed by atoms with Crippen LogP contribution in [0.1, 0.15) is 36.1 Å². The van der Waals surface area contributed by atoms with Crippen LogP contribution >= 0.6 is 11.3 Å². The zero-order valence-electron chi connectivity index (χ0n) is 11.4. The van der Waals surface area contributed by atoms with Crippen molar-refractivity contribution in [2.24, 2.45) is 0 Å². The van der Waals surface area contributed by atoms with E-state index in [2.05, 4.69) is 42.6 Å². The smallest absolute Gasteiger partial charge is 0.0935 e. The number of rotatable bonds is 6. The Morgan fingerprint density at radius 3 is 2.74 bits per heavy atom. The Morgan fingerprint density at radius 1 is 1.26 bits per heavy atom. The topological polar surface area (TPSA) is 24.9 Å². The van der Waals surface area contributed by atoms with Gasteiger partial charge in [-0.1, -0.05) is 37.3 Å². The highest BCUT2D eigenvalue weighted by Gasteiger charge is 2.21. The summed E-state index contributed by atoms with van der Waals surface area (Å²) in [5.74, 6) is 0. The van der Waals surface area contributed by atoms with E-state index < -0.39 is 0 Å². The van der Waals surface area contributed by atoms with Crippen LogP contribution in [0.3, 0.4) is 0 Å². The fourth-order valence-electron chi connectivity index (χ4n) is 2.19. The van der Waals surface area contributed by atoms with Crippen molar-refractivity contribution in [2.75, 3.05) is 0 Å². The van der Waals surface area contributed by atoms with Gasteiger partial charge < -0.3 is 5.32 Å². The van der Waals surface area contributed by atoms with Crippen LogP contribution in [-0.2, 0) is 13.0 Å². The monoisotopic (exact) mass is 272 g/mol. The average Bonchev–Trinajstić information content (AvgIpc) is 3.19. The maximum absolute atomic E-state index is 4.85. The molecule has 0 radical (unpaired) electrons. The minimum absolute atomic E-state index is 0.750. The first-order valence-corrected chi connectivity index (χ1v) is 7.96. The Bertz CT molecular complexity index is 529. The van der Waals surface area contributed by atoms with Gasteiger partial charge in [0.05, 0.1) is 10.7 Å². The van der Waals surface area contributed by atoms with Gasteiger partial charge in [-0.15, -0.1) is 11.3 Å². The van der Waals surface area contributed by atoms with Crippen molar-refractivity contribution in [3.05, 3.63) is 40.2 Å². The minimum atomic E-state index is 0.750. The quantitative estimate of drug-likeness (QED) is 0.859. The van der Waals surface area contributed by atoms with Crippen molar-refractivity contribution in [3.8, 4) is 11.3 Å². The SMILES string of the molecule is CCCc1nc(-c2ccccc2)c(CNC2CC2)s1. The van der Waals surface area contributed by atoms with Crippen LogP contribution in [-0.4, -0.2) is 11.0 Å². The lowest BCUT2D eigenvalue weighted by Gasteiger charge is -2.03. The summed E-state index contributed by atoms with van der Waals surface area (Å²) in [7, 11) is 0. The summed E-state index contributed by atoms with van der Waals surface area (Å²) in [6.07, 6.45) is 4.92. The molecular formula is C16H20N2S. The molecule has 100 valence electrons. The van der Waals surface area contributed by atoms with Gasteiger partial charge in [-0.2, -0.15) is 0 Å². The molecule has 1 aromatic heterocycles. The van der Waals surface area contributed by atoms with Gasteiger partial charge in [0.1, 0.15) is 0 Å². The fourth-order valence-corrected chi connectivity index (χ4v) is 3.33. The predicted molar refractivity (Wildman–Crippen MR) is 81.4 cm³/mol. The maximum Gasteiger partial charge on any atom is 0.0935 e. The van der Waals surface area contributed by atoms with Crippen LogP contribution in [0.5, 0.6) is 0 Å². The molecule has 1 heterocycles. The van der Waals surface area contributed by atoms with Crippen LogP contribution in [0, 0.1) is 0 Å². The van der Waals surface area contributed by atoms with Crippen LogP contribution in [0.2, 0.25) is 0 Å². The third-order valence-electron chi connectivity index (χ3n) is 3.38. The molecule has 1 aliphatic rings. The first kappa shape index (κ1) is 12.8. The summed E-state index contributed by atoms with van der Waals surface area (Å²) in [6.45, 7) is 3.18. The van der Waals surface area contributed by atoms with E-state index in [9.17, 15) is 0 Å². The highest BCUT2D eigenvalue weighted by molar-refractivity contribution is 7.12. The van der Waals surface area contributed by atoms with Gasteiger partial charge in [-0.25, -0.2) is 4.98 Å². The Kier molecular flexibility index (Phi) is 3.95. The minimum Gasteiger partial charge on any atom is -0.309 e. The van der Waals surface area contributed by atoms with Gasteiger partial charge >= 0.3 is 0 Å². The molecule has 0 amide bonds.